The Morgan fingerprint density at radius 2 is 2.03 bits per heavy atom. The number of hydrogen-bond acceptors (Lipinski definition) is 6. The van der Waals surface area contributed by atoms with E-state index in [0.717, 1.165) is 35.2 Å². The third kappa shape index (κ3) is 4.78. The van der Waals surface area contributed by atoms with Crippen LogP contribution in [0.1, 0.15) is 59.6 Å². The number of rotatable bonds is 8. The lowest BCUT2D eigenvalue weighted by atomic mass is 9.96. The molecule has 8 nitrogen and oxygen atoms in total. The normalized spacial score (nSPS) is 14.8. The van der Waals surface area contributed by atoms with Crippen LogP contribution in [0.4, 0.5) is 5.95 Å². The minimum atomic E-state index is -0.443. The van der Waals surface area contributed by atoms with Crippen LogP contribution in [-0.4, -0.2) is 25.7 Å². The number of nitrogens with two attached hydrogens (primary N) is 1. The van der Waals surface area contributed by atoms with E-state index in [4.69, 9.17) is 10.7 Å². The lowest BCUT2D eigenvalue weighted by Gasteiger charge is -2.21. The topological polar surface area (TPSA) is 123 Å². The van der Waals surface area contributed by atoms with Crippen molar-refractivity contribution in [2.24, 2.45) is 11.7 Å². The fourth-order valence-corrected chi connectivity index (χ4v) is 4.34. The molecule has 0 bridgehead atoms. The minimum absolute atomic E-state index is 0.111. The standard InChI is InChI=1S/C24H27N7O/c1-16-12-27-24(28-13-17-6-8-19(9-7-17)23(26)32)30-22(16)20-14-29-31(15-20)21(10-11-25)18-4-2-3-5-18/h6-9,12,14-15,18,21H,2-5,10,13H2,1H3,(H2,26,32)(H,27,28,30). The van der Waals surface area contributed by atoms with Crippen molar-refractivity contribution in [1.29, 1.82) is 5.26 Å². The lowest BCUT2D eigenvalue weighted by molar-refractivity contribution is 0.100. The summed E-state index contributed by atoms with van der Waals surface area (Å²) in [6.45, 7) is 2.50. The van der Waals surface area contributed by atoms with Crippen molar-refractivity contribution in [2.75, 3.05) is 5.32 Å². The molecular formula is C24H27N7O. The van der Waals surface area contributed by atoms with Crippen molar-refractivity contribution >= 4 is 11.9 Å². The number of primary amides is 1. The van der Waals surface area contributed by atoms with Gasteiger partial charge in [-0.2, -0.15) is 10.4 Å². The average Bonchev–Trinajstić information content (AvgIpc) is 3.50. The summed E-state index contributed by atoms with van der Waals surface area (Å²) < 4.78 is 1.95. The zero-order chi connectivity index (χ0) is 22.5. The van der Waals surface area contributed by atoms with Gasteiger partial charge in [-0.3, -0.25) is 9.48 Å². The van der Waals surface area contributed by atoms with Gasteiger partial charge in [-0.1, -0.05) is 25.0 Å². The van der Waals surface area contributed by atoms with E-state index in [-0.39, 0.29) is 6.04 Å². The van der Waals surface area contributed by atoms with Crippen molar-refractivity contribution < 1.29 is 4.79 Å². The molecule has 1 atom stereocenters. The van der Waals surface area contributed by atoms with E-state index in [2.05, 4.69) is 21.5 Å². The van der Waals surface area contributed by atoms with Gasteiger partial charge in [0.05, 0.1) is 30.4 Å². The molecule has 1 aromatic carbocycles. The van der Waals surface area contributed by atoms with Gasteiger partial charge in [0.1, 0.15) is 0 Å². The van der Waals surface area contributed by atoms with Crippen LogP contribution in [0.3, 0.4) is 0 Å². The van der Waals surface area contributed by atoms with Crippen LogP contribution in [0.25, 0.3) is 11.3 Å². The molecule has 3 aromatic rings. The Bertz CT molecular complexity index is 1120. The first-order chi connectivity index (χ1) is 15.5. The number of aromatic nitrogens is 4. The number of anilines is 1. The summed E-state index contributed by atoms with van der Waals surface area (Å²) in [5, 5.41) is 17.1. The van der Waals surface area contributed by atoms with Crippen molar-refractivity contribution in [2.45, 2.75) is 51.6 Å². The van der Waals surface area contributed by atoms with Crippen LogP contribution < -0.4 is 11.1 Å². The van der Waals surface area contributed by atoms with Gasteiger partial charge in [-0.15, -0.1) is 0 Å². The van der Waals surface area contributed by atoms with Gasteiger partial charge in [0, 0.05) is 30.1 Å². The summed E-state index contributed by atoms with van der Waals surface area (Å²) >= 11 is 0. The molecule has 4 rings (SSSR count). The Morgan fingerprint density at radius 3 is 2.72 bits per heavy atom. The fourth-order valence-electron chi connectivity index (χ4n) is 4.34. The largest absolute Gasteiger partial charge is 0.366 e. The van der Waals surface area contributed by atoms with Crippen LogP contribution in [-0.2, 0) is 6.54 Å². The summed E-state index contributed by atoms with van der Waals surface area (Å²) in [6.07, 6.45) is 10.9. The highest BCUT2D eigenvalue weighted by atomic mass is 16.1. The molecule has 1 aliphatic rings. The SMILES string of the molecule is Cc1cnc(NCc2ccc(C(N)=O)cc2)nc1-c1cnn(C(CC#N)C2CCCC2)c1. The first-order valence-corrected chi connectivity index (χ1v) is 10.9. The molecule has 2 heterocycles. The van der Waals surface area contributed by atoms with Gasteiger partial charge in [0.25, 0.3) is 0 Å². The number of hydrogen-bond donors (Lipinski definition) is 2. The Kier molecular flexibility index (Phi) is 6.45. The summed E-state index contributed by atoms with van der Waals surface area (Å²) in [4.78, 5) is 20.3. The molecule has 164 valence electrons. The summed E-state index contributed by atoms with van der Waals surface area (Å²) in [7, 11) is 0. The van der Waals surface area contributed by atoms with Crippen LogP contribution >= 0.6 is 0 Å². The number of nitrogens with zero attached hydrogens (tertiary/aromatic N) is 5. The molecule has 1 unspecified atom stereocenters. The van der Waals surface area contributed by atoms with Crippen LogP contribution in [0.5, 0.6) is 0 Å². The number of nitriles is 1. The smallest absolute Gasteiger partial charge is 0.248 e. The van der Waals surface area contributed by atoms with E-state index in [1.54, 1.807) is 18.3 Å². The third-order valence-corrected chi connectivity index (χ3v) is 6.12. The van der Waals surface area contributed by atoms with Crippen LogP contribution in [0, 0.1) is 24.2 Å². The Morgan fingerprint density at radius 1 is 1.28 bits per heavy atom. The molecular weight excluding hydrogens is 402 g/mol. The predicted octanol–water partition coefficient (Wildman–Crippen LogP) is 4.00. The molecule has 2 aromatic heterocycles. The molecule has 0 aliphatic heterocycles. The Balaban J connectivity index is 1.50. The average molecular weight is 430 g/mol. The molecule has 8 heteroatoms. The van der Waals surface area contributed by atoms with E-state index in [9.17, 15) is 10.1 Å². The van der Waals surface area contributed by atoms with Crippen LogP contribution in [0.15, 0.2) is 42.9 Å². The molecule has 0 spiro atoms. The monoisotopic (exact) mass is 429 g/mol. The number of carbonyl (C=O) groups is 1. The quantitative estimate of drug-likeness (QED) is 0.558. The van der Waals surface area contributed by atoms with E-state index in [1.165, 1.54) is 12.8 Å². The second-order valence-electron chi connectivity index (χ2n) is 8.32. The second-order valence-corrected chi connectivity index (χ2v) is 8.32. The molecule has 1 amide bonds. The molecule has 32 heavy (non-hydrogen) atoms. The first-order valence-electron chi connectivity index (χ1n) is 10.9. The van der Waals surface area contributed by atoms with E-state index >= 15 is 0 Å². The van der Waals surface area contributed by atoms with Gasteiger partial charge in [-0.05, 0) is 48.9 Å². The fraction of sp³-hybridized carbons (Fsp3) is 0.375. The number of carbonyl (C=O) groups excluding carboxylic acids is 1. The first kappa shape index (κ1) is 21.5. The van der Waals surface area contributed by atoms with Gasteiger partial charge in [0.2, 0.25) is 11.9 Å². The maximum Gasteiger partial charge on any atom is 0.248 e. The van der Waals surface area contributed by atoms with Crippen molar-refractivity contribution in [3.63, 3.8) is 0 Å². The van der Waals surface area contributed by atoms with E-state index < -0.39 is 5.91 Å². The van der Waals surface area contributed by atoms with E-state index in [0.29, 0.717) is 30.4 Å². The number of amides is 1. The summed E-state index contributed by atoms with van der Waals surface area (Å²) in [6, 6.07) is 9.56. The molecule has 0 saturated heterocycles. The van der Waals surface area contributed by atoms with Gasteiger partial charge < -0.3 is 11.1 Å². The lowest BCUT2D eigenvalue weighted by Crippen LogP contribution is -2.17. The third-order valence-electron chi connectivity index (χ3n) is 6.12. The maximum absolute atomic E-state index is 11.2. The minimum Gasteiger partial charge on any atom is -0.366 e. The summed E-state index contributed by atoms with van der Waals surface area (Å²) in [5.74, 6) is 0.579. The maximum atomic E-state index is 11.2. The number of aryl methyl sites for hydroxylation is 1. The van der Waals surface area contributed by atoms with Crippen LogP contribution in [0.2, 0.25) is 0 Å². The highest BCUT2D eigenvalue weighted by molar-refractivity contribution is 5.92. The zero-order valence-electron chi connectivity index (χ0n) is 18.2. The van der Waals surface area contributed by atoms with E-state index in [1.807, 2.05) is 36.1 Å². The second kappa shape index (κ2) is 9.60. The summed E-state index contributed by atoms with van der Waals surface area (Å²) in [5.41, 5.74) is 9.45. The molecule has 1 saturated carbocycles. The molecule has 1 fully saturated rings. The molecule has 1 aliphatic carbocycles. The molecule has 3 N–H and O–H groups in total. The van der Waals surface area contributed by atoms with Crippen molar-refractivity contribution in [3.8, 4) is 17.3 Å². The van der Waals surface area contributed by atoms with Crippen molar-refractivity contribution in [3.05, 3.63) is 59.5 Å². The van der Waals surface area contributed by atoms with Gasteiger partial charge in [0.15, 0.2) is 0 Å². The van der Waals surface area contributed by atoms with Gasteiger partial charge >= 0.3 is 0 Å². The Hall–Kier alpha value is -3.73. The predicted molar refractivity (Wildman–Crippen MR) is 122 cm³/mol. The van der Waals surface area contributed by atoms with Crippen molar-refractivity contribution in [1.82, 2.24) is 19.7 Å². The van der Waals surface area contributed by atoms with Gasteiger partial charge in [-0.25, -0.2) is 9.97 Å². The highest BCUT2D eigenvalue weighted by Crippen LogP contribution is 2.36. The number of nitrogens with one attached hydrogen (secondary N) is 1. The number of benzene rings is 1. The Labute approximate surface area is 187 Å². The zero-order valence-corrected chi connectivity index (χ0v) is 18.2. The molecule has 0 radical (unpaired) electrons. The highest BCUT2D eigenvalue weighted by Gasteiger charge is 2.27.